The highest BCUT2D eigenvalue weighted by molar-refractivity contribution is 14.1. The molecule has 0 aliphatic carbocycles. The molecule has 2 rings (SSSR count). The molecule has 0 aliphatic rings. The van der Waals surface area contributed by atoms with E-state index in [9.17, 15) is 9.59 Å². The smallest absolute Gasteiger partial charge is 0.235 e. The van der Waals surface area contributed by atoms with Crippen LogP contribution in [0.2, 0.25) is 0 Å². The topological polar surface area (TPSA) is 72.2 Å². The van der Waals surface area contributed by atoms with E-state index in [2.05, 4.69) is 27.9 Å². The van der Waals surface area contributed by atoms with E-state index < -0.39 is 13.3 Å². The van der Waals surface area contributed by atoms with Crippen molar-refractivity contribution in [2.24, 2.45) is 5.73 Å². The van der Waals surface area contributed by atoms with Gasteiger partial charge in [-0.1, -0.05) is 113 Å². The molecule has 0 spiro atoms. The maximum Gasteiger partial charge on any atom is 0.235 e. The fourth-order valence-corrected chi connectivity index (χ4v) is 4.51. The second-order valence-electron chi connectivity index (χ2n) is 6.27. The Labute approximate surface area is 181 Å². The zero-order chi connectivity index (χ0) is 19.3. The van der Waals surface area contributed by atoms with Crippen molar-refractivity contribution in [1.29, 1.82) is 0 Å². The standard InChI is InChI=1S/C20H22I2N2O2/c1-13(15-9-5-3-6-10-15)20(22,19(23)26)17(21)18(25)24-14(2)16-11-7-4-8-12-16/h3-14,17H,1-2H3,(H2,23,26)(H,24,25). The molecule has 6 heteroatoms. The van der Waals surface area contributed by atoms with Gasteiger partial charge in [0.25, 0.3) is 0 Å². The minimum absolute atomic E-state index is 0.151. The number of hydrogen-bond acceptors (Lipinski definition) is 2. The molecule has 0 radical (unpaired) electrons. The Balaban J connectivity index is 2.23. The van der Waals surface area contributed by atoms with Crippen LogP contribution in [-0.4, -0.2) is 19.2 Å². The van der Waals surface area contributed by atoms with Crippen molar-refractivity contribution < 1.29 is 9.59 Å². The normalized spacial score (nSPS) is 16.8. The number of rotatable bonds is 7. The monoisotopic (exact) mass is 576 g/mol. The molecular formula is C20H22I2N2O2. The molecule has 0 saturated heterocycles. The number of nitrogens with two attached hydrogens (primary N) is 1. The lowest BCUT2D eigenvalue weighted by Crippen LogP contribution is -2.54. The number of carbonyl (C=O) groups is 2. The Morgan fingerprint density at radius 3 is 1.88 bits per heavy atom. The SMILES string of the molecule is CC(NC(=O)C(I)C(I)(C(N)=O)C(C)c1ccccc1)c1ccccc1. The number of halogens is 2. The van der Waals surface area contributed by atoms with E-state index in [1.54, 1.807) is 0 Å². The quantitative estimate of drug-likeness (QED) is 0.385. The van der Waals surface area contributed by atoms with E-state index >= 15 is 0 Å². The van der Waals surface area contributed by atoms with Crippen molar-refractivity contribution in [3.8, 4) is 0 Å². The third kappa shape index (κ3) is 4.57. The molecule has 4 unspecified atom stereocenters. The molecule has 2 aromatic rings. The summed E-state index contributed by atoms with van der Waals surface area (Å²) in [5, 5.41) is 3.00. The van der Waals surface area contributed by atoms with Crippen molar-refractivity contribution in [2.75, 3.05) is 0 Å². The van der Waals surface area contributed by atoms with Crippen molar-refractivity contribution in [1.82, 2.24) is 5.32 Å². The third-order valence-electron chi connectivity index (χ3n) is 4.56. The molecule has 4 atom stereocenters. The van der Waals surface area contributed by atoms with Gasteiger partial charge in [-0.15, -0.1) is 0 Å². The van der Waals surface area contributed by atoms with Crippen molar-refractivity contribution in [2.45, 2.75) is 33.2 Å². The van der Waals surface area contributed by atoms with Crippen LogP contribution in [0.5, 0.6) is 0 Å². The van der Waals surface area contributed by atoms with E-state index in [4.69, 9.17) is 5.73 Å². The molecular weight excluding hydrogens is 554 g/mol. The van der Waals surface area contributed by atoms with Gasteiger partial charge in [0.2, 0.25) is 11.8 Å². The average molecular weight is 576 g/mol. The van der Waals surface area contributed by atoms with Gasteiger partial charge in [-0.2, -0.15) is 0 Å². The highest BCUT2D eigenvalue weighted by atomic mass is 127. The average Bonchev–Trinajstić information content (AvgIpc) is 2.67. The molecule has 0 aliphatic heterocycles. The number of alkyl halides is 2. The van der Waals surface area contributed by atoms with Gasteiger partial charge >= 0.3 is 0 Å². The van der Waals surface area contributed by atoms with Crippen LogP contribution in [0.4, 0.5) is 0 Å². The lowest BCUT2D eigenvalue weighted by Gasteiger charge is -2.35. The largest absolute Gasteiger partial charge is 0.368 e. The maximum absolute atomic E-state index is 12.9. The number of nitrogens with one attached hydrogen (secondary N) is 1. The van der Waals surface area contributed by atoms with Gasteiger partial charge in [-0.05, 0) is 18.1 Å². The van der Waals surface area contributed by atoms with Crippen LogP contribution in [0.1, 0.15) is 36.9 Å². The zero-order valence-electron chi connectivity index (χ0n) is 14.7. The molecule has 3 N–H and O–H groups in total. The Morgan fingerprint density at radius 1 is 0.962 bits per heavy atom. The fraction of sp³-hybridized carbons (Fsp3) is 0.300. The fourth-order valence-electron chi connectivity index (χ4n) is 2.84. The molecule has 2 aromatic carbocycles. The van der Waals surface area contributed by atoms with Crippen LogP contribution < -0.4 is 11.1 Å². The molecule has 0 aromatic heterocycles. The summed E-state index contributed by atoms with van der Waals surface area (Å²) in [4.78, 5) is 25.3. The Morgan fingerprint density at radius 2 is 1.42 bits per heavy atom. The highest BCUT2D eigenvalue weighted by Gasteiger charge is 2.49. The van der Waals surface area contributed by atoms with Gasteiger partial charge < -0.3 is 11.1 Å². The van der Waals surface area contributed by atoms with E-state index in [-0.39, 0.29) is 17.9 Å². The van der Waals surface area contributed by atoms with Gasteiger partial charge in [0.05, 0.1) is 6.04 Å². The molecule has 0 heterocycles. The first-order valence-corrected chi connectivity index (χ1v) is 10.6. The van der Waals surface area contributed by atoms with E-state index in [1.165, 1.54) is 0 Å². The van der Waals surface area contributed by atoms with Crippen LogP contribution in [-0.2, 0) is 9.59 Å². The first-order chi connectivity index (χ1) is 12.3. The summed E-state index contributed by atoms with van der Waals surface area (Å²) in [6, 6.07) is 19.2. The summed E-state index contributed by atoms with van der Waals surface area (Å²) in [5.41, 5.74) is 7.75. The van der Waals surface area contributed by atoms with E-state index in [1.807, 2.05) is 97.1 Å². The third-order valence-corrected chi connectivity index (χ3v) is 9.39. The van der Waals surface area contributed by atoms with Crippen LogP contribution in [0.3, 0.4) is 0 Å². The molecule has 4 nitrogen and oxygen atoms in total. The van der Waals surface area contributed by atoms with Crippen molar-refractivity contribution in [3.63, 3.8) is 0 Å². The van der Waals surface area contributed by atoms with Gasteiger partial charge in [0.1, 0.15) is 7.35 Å². The second kappa shape index (κ2) is 9.16. The number of amides is 2. The van der Waals surface area contributed by atoms with Gasteiger partial charge in [-0.25, -0.2) is 0 Å². The molecule has 0 fully saturated rings. The summed E-state index contributed by atoms with van der Waals surface area (Å²) in [5.74, 6) is -0.893. The first kappa shape index (κ1) is 21.1. The zero-order valence-corrected chi connectivity index (χ0v) is 19.0. The van der Waals surface area contributed by atoms with E-state index in [0.717, 1.165) is 11.1 Å². The Kier molecular flexibility index (Phi) is 7.45. The number of carbonyl (C=O) groups excluding carboxylic acids is 2. The van der Waals surface area contributed by atoms with Gasteiger partial charge in [0.15, 0.2) is 0 Å². The summed E-state index contributed by atoms with van der Waals surface area (Å²) in [6.45, 7) is 3.86. The lowest BCUT2D eigenvalue weighted by molar-refractivity contribution is -0.126. The van der Waals surface area contributed by atoms with Crippen LogP contribution in [0, 0.1) is 0 Å². The minimum Gasteiger partial charge on any atom is -0.368 e. The second-order valence-corrected chi connectivity index (χ2v) is 9.30. The first-order valence-electron chi connectivity index (χ1n) is 8.31. The highest BCUT2D eigenvalue weighted by Crippen LogP contribution is 2.42. The number of benzene rings is 2. The molecule has 138 valence electrons. The van der Waals surface area contributed by atoms with Gasteiger partial charge in [0, 0.05) is 5.92 Å². The van der Waals surface area contributed by atoms with Crippen LogP contribution in [0.15, 0.2) is 60.7 Å². The van der Waals surface area contributed by atoms with Crippen molar-refractivity contribution in [3.05, 3.63) is 71.8 Å². The number of hydrogen-bond donors (Lipinski definition) is 2. The summed E-state index contributed by atoms with van der Waals surface area (Å²) in [7, 11) is 0. The van der Waals surface area contributed by atoms with Crippen LogP contribution in [0.25, 0.3) is 0 Å². The lowest BCUT2D eigenvalue weighted by atomic mass is 9.84. The minimum atomic E-state index is -1.04. The Hall–Kier alpha value is -1.16. The number of primary amides is 1. The Bertz CT molecular complexity index is 755. The predicted molar refractivity (Wildman–Crippen MR) is 122 cm³/mol. The molecule has 26 heavy (non-hydrogen) atoms. The van der Waals surface area contributed by atoms with Gasteiger partial charge in [-0.3, -0.25) is 9.59 Å². The van der Waals surface area contributed by atoms with Crippen LogP contribution >= 0.6 is 45.2 Å². The molecule has 2 amide bonds. The summed E-state index contributed by atoms with van der Waals surface area (Å²) in [6.07, 6.45) is 0. The summed E-state index contributed by atoms with van der Waals surface area (Å²) >= 11 is 4.09. The van der Waals surface area contributed by atoms with E-state index in [0.29, 0.717) is 0 Å². The molecule has 0 saturated carbocycles. The maximum atomic E-state index is 12.9. The summed E-state index contributed by atoms with van der Waals surface area (Å²) < 4.78 is -1.65. The molecule has 0 bridgehead atoms. The van der Waals surface area contributed by atoms with Crippen molar-refractivity contribution >= 4 is 57.0 Å². The predicted octanol–water partition coefficient (Wildman–Crippen LogP) is 4.13.